The van der Waals surface area contributed by atoms with E-state index in [1.54, 1.807) is 11.8 Å². The molecule has 25 heavy (non-hydrogen) atoms. The Morgan fingerprint density at radius 1 is 1.36 bits per heavy atom. The number of benzene rings is 1. The van der Waals surface area contributed by atoms with Crippen molar-refractivity contribution in [1.29, 1.82) is 0 Å². The summed E-state index contributed by atoms with van der Waals surface area (Å²) in [7, 11) is 0. The largest absolute Gasteiger partial charge is 0.357 e. The van der Waals surface area contributed by atoms with E-state index in [1.807, 2.05) is 18.2 Å². The van der Waals surface area contributed by atoms with Crippen LogP contribution in [-0.2, 0) is 0 Å². The molecule has 2 rings (SSSR count). The zero-order chi connectivity index (χ0) is 17.9. The molecular formula is C19H29FN4S. The fourth-order valence-electron chi connectivity index (χ4n) is 2.81. The average Bonchev–Trinajstić information content (AvgIpc) is 2.62. The van der Waals surface area contributed by atoms with E-state index in [4.69, 9.17) is 0 Å². The molecule has 1 heterocycles. The Hall–Kier alpha value is -1.53. The molecule has 0 aliphatic carbocycles. The molecule has 1 aromatic carbocycles. The molecule has 1 aromatic rings. The average molecular weight is 365 g/mol. The van der Waals surface area contributed by atoms with Gasteiger partial charge in [0.1, 0.15) is 5.82 Å². The van der Waals surface area contributed by atoms with E-state index in [-0.39, 0.29) is 5.82 Å². The van der Waals surface area contributed by atoms with Crippen molar-refractivity contribution < 1.29 is 4.39 Å². The summed E-state index contributed by atoms with van der Waals surface area (Å²) in [6, 6.07) is 7.09. The van der Waals surface area contributed by atoms with Gasteiger partial charge in [0, 0.05) is 42.9 Å². The Morgan fingerprint density at radius 2 is 2.08 bits per heavy atom. The molecule has 4 nitrogen and oxygen atoms in total. The van der Waals surface area contributed by atoms with E-state index in [2.05, 4.69) is 34.0 Å². The van der Waals surface area contributed by atoms with Crippen molar-refractivity contribution in [1.82, 2.24) is 15.5 Å². The Balaban J connectivity index is 1.74. The minimum atomic E-state index is -0.194. The maximum absolute atomic E-state index is 12.9. The summed E-state index contributed by atoms with van der Waals surface area (Å²) in [5, 5.41) is 6.88. The van der Waals surface area contributed by atoms with Crippen LogP contribution in [-0.4, -0.2) is 55.4 Å². The number of thioether (sulfide) groups is 1. The standard InChI is InChI=1S/C19H29FN4S/c1-3-12-24-13-9-17(10-14-24)23-19(21-4-2)22-11-15-25-18-7-5-16(20)6-8-18/h3,5-8,17H,1,4,9-15H2,2H3,(H2,21,22,23). The van der Waals surface area contributed by atoms with Gasteiger partial charge in [-0.15, -0.1) is 18.3 Å². The summed E-state index contributed by atoms with van der Waals surface area (Å²) in [6.45, 7) is 10.6. The predicted octanol–water partition coefficient (Wildman–Crippen LogP) is 3.12. The van der Waals surface area contributed by atoms with Crippen molar-refractivity contribution >= 4 is 17.7 Å². The molecule has 0 amide bonds. The van der Waals surface area contributed by atoms with Gasteiger partial charge in [-0.25, -0.2) is 4.39 Å². The summed E-state index contributed by atoms with van der Waals surface area (Å²) in [4.78, 5) is 8.16. The molecule has 1 saturated heterocycles. The molecule has 138 valence electrons. The molecule has 1 aliphatic heterocycles. The van der Waals surface area contributed by atoms with Crippen LogP contribution < -0.4 is 10.6 Å². The topological polar surface area (TPSA) is 39.7 Å². The van der Waals surface area contributed by atoms with E-state index >= 15 is 0 Å². The van der Waals surface area contributed by atoms with Gasteiger partial charge in [-0.2, -0.15) is 0 Å². The lowest BCUT2D eigenvalue weighted by Crippen LogP contribution is -2.48. The van der Waals surface area contributed by atoms with Crippen molar-refractivity contribution in [2.24, 2.45) is 4.99 Å². The Labute approximate surface area is 155 Å². The number of halogens is 1. The Kier molecular flexibility index (Phi) is 8.83. The van der Waals surface area contributed by atoms with Crippen LogP contribution in [0, 0.1) is 5.82 Å². The number of nitrogens with zero attached hydrogens (tertiary/aromatic N) is 2. The molecule has 0 bridgehead atoms. The van der Waals surface area contributed by atoms with Gasteiger partial charge in [-0.3, -0.25) is 9.89 Å². The number of piperidine rings is 1. The number of guanidine groups is 1. The van der Waals surface area contributed by atoms with Crippen molar-refractivity contribution in [2.45, 2.75) is 30.7 Å². The number of likely N-dealkylation sites (tertiary alicyclic amines) is 1. The molecule has 0 saturated carbocycles. The van der Waals surface area contributed by atoms with E-state index in [9.17, 15) is 4.39 Å². The quantitative estimate of drug-likeness (QED) is 0.244. The Morgan fingerprint density at radius 3 is 2.72 bits per heavy atom. The normalized spacial score (nSPS) is 16.6. The van der Waals surface area contributed by atoms with Gasteiger partial charge >= 0.3 is 0 Å². The van der Waals surface area contributed by atoms with Gasteiger partial charge in [-0.1, -0.05) is 6.08 Å². The van der Waals surface area contributed by atoms with E-state index in [0.717, 1.165) is 62.2 Å². The van der Waals surface area contributed by atoms with Crippen molar-refractivity contribution in [3.8, 4) is 0 Å². The highest BCUT2D eigenvalue weighted by molar-refractivity contribution is 7.99. The minimum Gasteiger partial charge on any atom is -0.357 e. The minimum absolute atomic E-state index is 0.194. The fourth-order valence-corrected chi connectivity index (χ4v) is 3.55. The highest BCUT2D eigenvalue weighted by Gasteiger charge is 2.18. The van der Waals surface area contributed by atoms with Crippen LogP contribution >= 0.6 is 11.8 Å². The van der Waals surface area contributed by atoms with Gasteiger partial charge in [-0.05, 0) is 44.0 Å². The number of rotatable bonds is 8. The highest BCUT2D eigenvalue weighted by atomic mass is 32.2. The number of aliphatic imine (C=N–C) groups is 1. The maximum Gasteiger partial charge on any atom is 0.191 e. The first-order valence-corrected chi connectivity index (χ1v) is 9.96. The molecular weight excluding hydrogens is 335 g/mol. The number of nitrogens with one attached hydrogen (secondary N) is 2. The van der Waals surface area contributed by atoms with Crippen LogP contribution in [0.5, 0.6) is 0 Å². The third-order valence-corrected chi connectivity index (χ3v) is 5.10. The van der Waals surface area contributed by atoms with Crippen LogP contribution in [0.2, 0.25) is 0 Å². The third-order valence-electron chi connectivity index (χ3n) is 4.10. The Bertz CT molecular complexity index is 539. The maximum atomic E-state index is 12.9. The van der Waals surface area contributed by atoms with Gasteiger partial charge in [0.05, 0.1) is 6.54 Å². The van der Waals surface area contributed by atoms with Crippen LogP contribution in [0.1, 0.15) is 19.8 Å². The molecule has 0 unspecified atom stereocenters. The third kappa shape index (κ3) is 7.48. The smallest absolute Gasteiger partial charge is 0.191 e. The lowest BCUT2D eigenvalue weighted by Gasteiger charge is -2.32. The molecule has 2 N–H and O–H groups in total. The molecule has 1 aliphatic rings. The summed E-state index contributed by atoms with van der Waals surface area (Å²) in [5.41, 5.74) is 0. The van der Waals surface area contributed by atoms with E-state index in [1.165, 1.54) is 12.1 Å². The molecule has 1 fully saturated rings. The molecule has 0 aromatic heterocycles. The summed E-state index contributed by atoms with van der Waals surface area (Å²) >= 11 is 1.70. The van der Waals surface area contributed by atoms with Crippen LogP contribution in [0.4, 0.5) is 4.39 Å². The monoisotopic (exact) mass is 364 g/mol. The van der Waals surface area contributed by atoms with Gasteiger partial charge in [0.15, 0.2) is 5.96 Å². The zero-order valence-corrected chi connectivity index (χ0v) is 15.8. The van der Waals surface area contributed by atoms with Crippen LogP contribution in [0.25, 0.3) is 0 Å². The van der Waals surface area contributed by atoms with Gasteiger partial charge in [0.2, 0.25) is 0 Å². The van der Waals surface area contributed by atoms with E-state index < -0.39 is 0 Å². The number of hydrogen-bond acceptors (Lipinski definition) is 3. The van der Waals surface area contributed by atoms with Crippen LogP contribution in [0.3, 0.4) is 0 Å². The highest BCUT2D eigenvalue weighted by Crippen LogP contribution is 2.17. The second-order valence-corrected chi connectivity index (χ2v) is 7.24. The first kappa shape index (κ1) is 19.8. The lowest BCUT2D eigenvalue weighted by atomic mass is 10.1. The second kappa shape index (κ2) is 11.2. The van der Waals surface area contributed by atoms with E-state index in [0.29, 0.717) is 6.04 Å². The first-order chi connectivity index (χ1) is 12.2. The van der Waals surface area contributed by atoms with Crippen molar-refractivity contribution in [2.75, 3.05) is 38.5 Å². The van der Waals surface area contributed by atoms with Gasteiger partial charge < -0.3 is 10.6 Å². The van der Waals surface area contributed by atoms with Crippen molar-refractivity contribution in [3.05, 3.63) is 42.7 Å². The summed E-state index contributed by atoms with van der Waals surface area (Å²) in [5.74, 6) is 1.57. The van der Waals surface area contributed by atoms with Crippen LogP contribution in [0.15, 0.2) is 46.8 Å². The molecule has 0 spiro atoms. The molecule has 0 atom stereocenters. The van der Waals surface area contributed by atoms with Crippen molar-refractivity contribution in [3.63, 3.8) is 0 Å². The first-order valence-electron chi connectivity index (χ1n) is 8.97. The molecule has 6 heteroatoms. The SMILES string of the molecule is C=CCN1CCC(NC(=NCCSc2ccc(F)cc2)NCC)CC1. The molecule has 0 radical (unpaired) electrons. The van der Waals surface area contributed by atoms with Gasteiger partial charge in [0.25, 0.3) is 0 Å². The second-order valence-electron chi connectivity index (χ2n) is 6.07. The summed E-state index contributed by atoms with van der Waals surface area (Å²) in [6.07, 6.45) is 4.23. The zero-order valence-electron chi connectivity index (χ0n) is 15.0. The number of hydrogen-bond donors (Lipinski definition) is 2. The lowest BCUT2D eigenvalue weighted by molar-refractivity contribution is 0.225. The fraction of sp³-hybridized carbons (Fsp3) is 0.526. The predicted molar refractivity (Wildman–Crippen MR) is 106 cm³/mol. The summed E-state index contributed by atoms with van der Waals surface area (Å²) < 4.78 is 12.9.